The Balaban J connectivity index is 1.61. The number of benzene rings is 3. The smallest absolute Gasteiger partial charge is 0.230 e. The van der Waals surface area contributed by atoms with E-state index in [1.165, 1.54) is 30.6 Å². The Kier molecular flexibility index (Phi) is 7.21. The highest BCUT2D eigenvalue weighted by molar-refractivity contribution is 7.91. The van der Waals surface area contributed by atoms with Gasteiger partial charge in [-0.3, -0.25) is 9.69 Å². The summed E-state index contributed by atoms with van der Waals surface area (Å²) in [5.41, 5.74) is 2.61. The van der Waals surface area contributed by atoms with Gasteiger partial charge in [-0.1, -0.05) is 53.3 Å². The molecule has 6 nitrogen and oxygen atoms in total. The zero-order valence-electron chi connectivity index (χ0n) is 18.7. The number of hydrogen-bond donors (Lipinski definition) is 0. The first-order chi connectivity index (χ1) is 16.3. The van der Waals surface area contributed by atoms with E-state index in [1.54, 1.807) is 17.0 Å². The van der Waals surface area contributed by atoms with Crippen molar-refractivity contribution in [3.05, 3.63) is 82.9 Å². The molecular weight excluding hydrogens is 492 g/mol. The number of ether oxygens (including phenoxy) is 1. The van der Waals surface area contributed by atoms with Crippen molar-refractivity contribution in [3.63, 3.8) is 0 Å². The molecule has 0 aliphatic rings. The normalized spacial score (nSPS) is 11.5. The number of aromatic nitrogens is 1. The number of rotatable bonds is 8. The molecule has 0 atom stereocenters. The molecule has 1 heterocycles. The molecule has 0 saturated carbocycles. The number of fused-ring (bicyclic) bond motifs is 1. The number of nitrogens with zero attached hydrogens (tertiary/aromatic N) is 2. The molecule has 4 aromatic rings. The number of amides is 1. The quantitative estimate of drug-likeness (QED) is 0.303. The molecule has 0 aliphatic heterocycles. The molecule has 176 valence electrons. The number of anilines is 1. The summed E-state index contributed by atoms with van der Waals surface area (Å²) in [5, 5.41) is 1.11. The van der Waals surface area contributed by atoms with Crippen molar-refractivity contribution in [2.24, 2.45) is 0 Å². The van der Waals surface area contributed by atoms with Crippen LogP contribution in [0.3, 0.4) is 0 Å². The second kappa shape index (κ2) is 10.1. The van der Waals surface area contributed by atoms with Crippen LogP contribution in [-0.2, 0) is 21.2 Å². The number of carbonyl (C=O) groups excluding carboxylic acids is 1. The Morgan fingerprint density at radius 2 is 1.79 bits per heavy atom. The van der Waals surface area contributed by atoms with Crippen LogP contribution in [0.2, 0.25) is 5.02 Å². The third-order valence-corrected chi connectivity index (χ3v) is 8.33. The van der Waals surface area contributed by atoms with Crippen molar-refractivity contribution in [1.29, 1.82) is 0 Å². The van der Waals surface area contributed by atoms with Gasteiger partial charge in [0.15, 0.2) is 15.0 Å². The van der Waals surface area contributed by atoms with Gasteiger partial charge in [0.05, 0.1) is 34.5 Å². The highest BCUT2D eigenvalue weighted by Crippen LogP contribution is 2.34. The van der Waals surface area contributed by atoms with E-state index in [2.05, 4.69) is 0 Å². The average molecular weight is 515 g/mol. The Bertz CT molecular complexity index is 1420. The van der Waals surface area contributed by atoms with Gasteiger partial charge in [-0.05, 0) is 54.4 Å². The van der Waals surface area contributed by atoms with Crippen LogP contribution in [-0.4, -0.2) is 32.2 Å². The van der Waals surface area contributed by atoms with Crippen molar-refractivity contribution in [2.45, 2.75) is 24.8 Å². The van der Waals surface area contributed by atoms with Gasteiger partial charge in [0, 0.05) is 11.4 Å². The highest BCUT2D eigenvalue weighted by Gasteiger charge is 2.24. The van der Waals surface area contributed by atoms with Crippen LogP contribution in [0, 0.1) is 6.92 Å². The first-order valence-corrected chi connectivity index (χ1v) is 13.4. The van der Waals surface area contributed by atoms with Gasteiger partial charge in [-0.2, -0.15) is 0 Å². The first kappa shape index (κ1) is 24.2. The summed E-state index contributed by atoms with van der Waals surface area (Å²) >= 11 is 7.57. The summed E-state index contributed by atoms with van der Waals surface area (Å²) in [4.78, 5) is 19.7. The highest BCUT2D eigenvalue weighted by atomic mass is 35.5. The Labute approximate surface area is 207 Å². The summed E-state index contributed by atoms with van der Waals surface area (Å²) in [6.45, 7) is 2.21. The molecule has 1 amide bonds. The van der Waals surface area contributed by atoms with E-state index in [9.17, 15) is 13.2 Å². The first-order valence-electron chi connectivity index (χ1n) is 10.5. The maximum absolute atomic E-state index is 13.3. The van der Waals surface area contributed by atoms with Crippen molar-refractivity contribution < 1.29 is 17.9 Å². The van der Waals surface area contributed by atoms with Crippen LogP contribution in [0.4, 0.5) is 5.13 Å². The lowest BCUT2D eigenvalue weighted by molar-refractivity contribution is -0.118. The fourth-order valence-corrected chi connectivity index (χ4v) is 6.21. The molecule has 9 heteroatoms. The number of carbonyl (C=O) groups is 1. The SMILES string of the molecule is COc1ccc(S(=O)(=O)CCC(=O)N(Cc2ccccc2)c2nc3c(C)cc(Cl)cc3s2)cc1. The molecule has 4 rings (SSSR count). The molecule has 0 radical (unpaired) electrons. The van der Waals surface area contributed by atoms with Gasteiger partial charge < -0.3 is 4.74 Å². The number of thiazole rings is 1. The number of sulfone groups is 1. The molecule has 3 aromatic carbocycles. The average Bonchev–Trinajstić information content (AvgIpc) is 3.26. The summed E-state index contributed by atoms with van der Waals surface area (Å²) in [7, 11) is -2.13. The second-order valence-corrected chi connectivity index (χ2v) is 11.3. The largest absolute Gasteiger partial charge is 0.497 e. The van der Waals surface area contributed by atoms with E-state index < -0.39 is 9.84 Å². The van der Waals surface area contributed by atoms with Crippen molar-refractivity contribution >= 4 is 54.0 Å². The van der Waals surface area contributed by atoms with Crippen LogP contribution < -0.4 is 9.64 Å². The van der Waals surface area contributed by atoms with Gasteiger partial charge in [0.25, 0.3) is 0 Å². The van der Waals surface area contributed by atoms with Gasteiger partial charge in [-0.25, -0.2) is 13.4 Å². The molecule has 0 N–H and O–H groups in total. The lowest BCUT2D eigenvalue weighted by Gasteiger charge is -2.20. The van der Waals surface area contributed by atoms with E-state index in [1.807, 2.05) is 49.4 Å². The number of halogens is 1. The Hall–Kier alpha value is -2.94. The second-order valence-electron chi connectivity index (χ2n) is 7.78. The Morgan fingerprint density at radius 3 is 2.47 bits per heavy atom. The topological polar surface area (TPSA) is 76.6 Å². The zero-order valence-corrected chi connectivity index (χ0v) is 21.1. The van der Waals surface area contributed by atoms with Crippen molar-refractivity contribution in [3.8, 4) is 5.75 Å². The zero-order chi connectivity index (χ0) is 24.3. The van der Waals surface area contributed by atoms with Crippen LogP contribution in [0.1, 0.15) is 17.5 Å². The third-order valence-electron chi connectivity index (χ3n) is 5.36. The summed E-state index contributed by atoms with van der Waals surface area (Å²) in [6, 6.07) is 19.3. The molecule has 0 aliphatic carbocycles. The monoisotopic (exact) mass is 514 g/mol. The molecule has 34 heavy (non-hydrogen) atoms. The van der Waals surface area contributed by atoms with Gasteiger partial charge in [0.2, 0.25) is 5.91 Å². The van der Waals surface area contributed by atoms with Gasteiger partial charge in [0.1, 0.15) is 5.75 Å². The summed E-state index contributed by atoms with van der Waals surface area (Å²) in [5.74, 6) is -0.0572. The van der Waals surface area contributed by atoms with Gasteiger partial charge >= 0.3 is 0 Å². The predicted octanol–water partition coefficient (Wildman–Crippen LogP) is 5.66. The standard InChI is InChI=1S/C25H23ClN2O4S2/c1-17-14-19(26)15-22-24(17)27-25(33-22)28(16-18-6-4-3-5-7-18)23(29)12-13-34(30,31)21-10-8-20(32-2)9-11-21/h3-11,14-15H,12-13,16H2,1-2H3. The number of hydrogen-bond acceptors (Lipinski definition) is 6. The molecule has 0 unspecified atom stereocenters. The minimum absolute atomic E-state index is 0.154. The van der Waals surface area contributed by atoms with Crippen LogP contribution in [0.25, 0.3) is 10.2 Å². The molecular formula is C25H23ClN2O4S2. The van der Waals surface area contributed by atoms with E-state index in [4.69, 9.17) is 21.3 Å². The minimum Gasteiger partial charge on any atom is -0.497 e. The van der Waals surface area contributed by atoms with Crippen molar-refractivity contribution in [1.82, 2.24) is 4.98 Å². The van der Waals surface area contributed by atoms with E-state index in [0.717, 1.165) is 21.3 Å². The minimum atomic E-state index is -3.64. The van der Waals surface area contributed by atoms with Crippen LogP contribution in [0.5, 0.6) is 5.75 Å². The van der Waals surface area contributed by atoms with E-state index in [0.29, 0.717) is 15.9 Å². The lowest BCUT2D eigenvalue weighted by Crippen LogP contribution is -2.31. The van der Waals surface area contributed by atoms with E-state index in [-0.39, 0.29) is 29.5 Å². The lowest BCUT2D eigenvalue weighted by atomic mass is 10.2. The third kappa shape index (κ3) is 5.41. The number of aryl methyl sites for hydroxylation is 1. The summed E-state index contributed by atoms with van der Waals surface area (Å²) in [6.07, 6.45) is -0.170. The molecule has 1 aromatic heterocycles. The Morgan fingerprint density at radius 1 is 1.09 bits per heavy atom. The van der Waals surface area contributed by atoms with E-state index >= 15 is 0 Å². The molecule has 0 spiro atoms. The molecule has 0 saturated heterocycles. The molecule has 0 fully saturated rings. The number of methoxy groups -OCH3 is 1. The maximum Gasteiger partial charge on any atom is 0.230 e. The van der Waals surface area contributed by atoms with Crippen LogP contribution in [0.15, 0.2) is 71.6 Å². The molecule has 0 bridgehead atoms. The van der Waals surface area contributed by atoms with Crippen molar-refractivity contribution in [2.75, 3.05) is 17.8 Å². The predicted molar refractivity (Wildman–Crippen MR) is 137 cm³/mol. The van der Waals surface area contributed by atoms with Gasteiger partial charge in [-0.15, -0.1) is 0 Å². The fourth-order valence-electron chi connectivity index (χ4n) is 3.54. The fraction of sp³-hybridized carbons (Fsp3) is 0.200. The maximum atomic E-state index is 13.3. The summed E-state index contributed by atoms with van der Waals surface area (Å²) < 4.78 is 31.6. The van der Waals surface area contributed by atoms with Crippen LogP contribution >= 0.6 is 22.9 Å².